The second kappa shape index (κ2) is 4.21. The zero-order chi connectivity index (χ0) is 8.23. The van der Waals surface area contributed by atoms with E-state index in [9.17, 15) is 0 Å². The number of rotatable bonds is 1. The van der Waals surface area contributed by atoms with E-state index < -0.39 is 0 Å². The van der Waals surface area contributed by atoms with Crippen LogP contribution in [0, 0.1) is 0 Å². The Morgan fingerprint density at radius 1 is 1.00 bits per heavy atom. The van der Waals surface area contributed by atoms with Crippen molar-refractivity contribution >= 4 is 0 Å². The Balaban J connectivity index is 1.80. The largest absolute Gasteiger partial charge is 0.374 e. The Hall–Kier alpha value is -0.120. The first-order valence-corrected chi connectivity index (χ1v) is 4.93. The third-order valence-electron chi connectivity index (χ3n) is 2.52. The highest BCUT2D eigenvalue weighted by molar-refractivity contribution is 4.74. The Bertz CT molecular complexity index is 112. The second-order valence-corrected chi connectivity index (χ2v) is 3.50. The molecule has 2 rings (SSSR count). The van der Waals surface area contributed by atoms with E-state index in [0.717, 1.165) is 32.6 Å². The summed E-state index contributed by atoms with van der Waals surface area (Å²) >= 11 is 0. The molecule has 3 heteroatoms. The van der Waals surface area contributed by atoms with Crippen molar-refractivity contribution in [2.24, 2.45) is 0 Å². The maximum atomic E-state index is 5.63. The smallest absolute Gasteiger partial charge is 0.134 e. The van der Waals surface area contributed by atoms with Gasteiger partial charge in [0, 0.05) is 6.61 Å². The van der Waals surface area contributed by atoms with Gasteiger partial charge in [-0.25, -0.2) is 0 Å². The molecule has 2 aliphatic rings. The van der Waals surface area contributed by atoms with Crippen LogP contribution in [-0.2, 0) is 9.47 Å². The van der Waals surface area contributed by atoms with Gasteiger partial charge in [0.15, 0.2) is 0 Å². The van der Waals surface area contributed by atoms with Gasteiger partial charge >= 0.3 is 0 Å². The van der Waals surface area contributed by atoms with E-state index in [4.69, 9.17) is 9.47 Å². The fourth-order valence-electron chi connectivity index (χ4n) is 1.83. The lowest BCUT2D eigenvalue weighted by Crippen LogP contribution is -2.48. The highest BCUT2D eigenvalue weighted by Gasteiger charge is 2.26. The molecule has 12 heavy (non-hydrogen) atoms. The van der Waals surface area contributed by atoms with Crippen LogP contribution < -0.4 is 5.32 Å². The third kappa shape index (κ3) is 1.97. The maximum Gasteiger partial charge on any atom is 0.134 e. The van der Waals surface area contributed by atoms with Gasteiger partial charge < -0.3 is 9.47 Å². The Morgan fingerprint density at radius 2 is 1.92 bits per heavy atom. The molecule has 0 bridgehead atoms. The normalized spacial score (nSPS) is 38.0. The van der Waals surface area contributed by atoms with Crippen LogP contribution in [-0.4, -0.2) is 32.1 Å². The van der Waals surface area contributed by atoms with E-state index >= 15 is 0 Å². The van der Waals surface area contributed by atoms with Crippen LogP contribution in [0.1, 0.15) is 25.7 Å². The Morgan fingerprint density at radius 3 is 2.58 bits per heavy atom. The van der Waals surface area contributed by atoms with Crippen molar-refractivity contribution in [2.75, 3.05) is 19.8 Å². The van der Waals surface area contributed by atoms with Crippen LogP contribution in [0.4, 0.5) is 0 Å². The Labute approximate surface area is 73.4 Å². The van der Waals surface area contributed by atoms with E-state index in [1.54, 1.807) is 0 Å². The predicted octanol–water partition coefficient (Wildman–Crippen LogP) is 0.891. The van der Waals surface area contributed by atoms with Gasteiger partial charge in [-0.1, -0.05) is 0 Å². The molecule has 2 aliphatic heterocycles. The fraction of sp³-hybridized carbons (Fsp3) is 1.00. The average Bonchev–Trinajstić information content (AvgIpc) is 2.21. The van der Waals surface area contributed by atoms with Crippen LogP contribution in [0.5, 0.6) is 0 Å². The molecule has 0 radical (unpaired) electrons. The van der Waals surface area contributed by atoms with Gasteiger partial charge in [-0.2, -0.15) is 0 Å². The molecule has 2 unspecified atom stereocenters. The molecule has 2 fully saturated rings. The highest BCUT2D eigenvalue weighted by atomic mass is 16.5. The molecule has 1 N–H and O–H groups in total. The summed E-state index contributed by atoms with van der Waals surface area (Å²) in [5.41, 5.74) is 0. The summed E-state index contributed by atoms with van der Waals surface area (Å²) < 4.78 is 11.2. The molecule has 0 amide bonds. The van der Waals surface area contributed by atoms with Crippen LogP contribution in [0.2, 0.25) is 0 Å². The second-order valence-electron chi connectivity index (χ2n) is 3.50. The number of ether oxygens (including phenoxy) is 2. The standard InChI is InChI=1S/C9H17NO2/c1-2-6-11-8(4-1)9-10-5-3-7-12-9/h8-10H,1-7H2. The van der Waals surface area contributed by atoms with E-state index in [2.05, 4.69) is 5.32 Å². The van der Waals surface area contributed by atoms with Gasteiger partial charge in [0.05, 0.1) is 12.7 Å². The minimum absolute atomic E-state index is 0.166. The zero-order valence-electron chi connectivity index (χ0n) is 7.42. The first-order chi connectivity index (χ1) is 5.97. The molecule has 3 nitrogen and oxygen atoms in total. The molecule has 0 aromatic rings. The molecular weight excluding hydrogens is 154 g/mol. The molecule has 70 valence electrons. The first kappa shape index (κ1) is 8.48. The third-order valence-corrected chi connectivity index (χ3v) is 2.52. The lowest BCUT2D eigenvalue weighted by atomic mass is 10.1. The maximum absolute atomic E-state index is 5.63. The van der Waals surface area contributed by atoms with E-state index in [1.807, 2.05) is 0 Å². The van der Waals surface area contributed by atoms with Crippen LogP contribution in [0.15, 0.2) is 0 Å². The van der Waals surface area contributed by atoms with Gasteiger partial charge in [-0.05, 0) is 32.2 Å². The topological polar surface area (TPSA) is 30.5 Å². The van der Waals surface area contributed by atoms with Crippen LogP contribution in [0.3, 0.4) is 0 Å². The minimum Gasteiger partial charge on any atom is -0.374 e. The fourth-order valence-corrected chi connectivity index (χ4v) is 1.83. The summed E-state index contributed by atoms with van der Waals surface area (Å²) in [4.78, 5) is 0. The molecule has 0 aromatic carbocycles. The number of nitrogens with one attached hydrogen (secondary N) is 1. The molecule has 2 heterocycles. The van der Waals surface area contributed by atoms with Gasteiger partial charge in [0.2, 0.25) is 0 Å². The van der Waals surface area contributed by atoms with Crippen molar-refractivity contribution in [2.45, 2.75) is 38.0 Å². The van der Waals surface area contributed by atoms with E-state index in [-0.39, 0.29) is 6.23 Å². The van der Waals surface area contributed by atoms with Crippen molar-refractivity contribution in [1.82, 2.24) is 5.32 Å². The highest BCUT2D eigenvalue weighted by Crippen LogP contribution is 2.17. The number of hydrogen-bond acceptors (Lipinski definition) is 3. The quantitative estimate of drug-likeness (QED) is 0.635. The Kier molecular flexibility index (Phi) is 2.98. The van der Waals surface area contributed by atoms with Crippen molar-refractivity contribution in [1.29, 1.82) is 0 Å². The summed E-state index contributed by atoms with van der Waals surface area (Å²) in [6.45, 7) is 2.87. The molecular formula is C9H17NO2. The summed E-state index contributed by atoms with van der Waals surface area (Å²) in [5.74, 6) is 0. The molecule has 0 saturated carbocycles. The van der Waals surface area contributed by atoms with Crippen LogP contribution >= 0.6 is 0 Å². The molecule has 0 aromatic heterocycles. The summed E-state index contributed by atoms with van der Waals surface area (Å²) in [6.07, 6.45) is 5.24. The van der Waals surface area contributed by atoms with Crippen molar-refractivity contribution in [3.05, 3.63) is 0 Å². The van der Waals surface area contributed by atoms with Gasteiger partial charge in [0.1, 0.15) is 6.23 Å². The first-order valence-electron chi connectivity index (χ1n) is 4.93. The van der Waals surface area contributed by atoms with Gasteiger partial charge in [-0.15, -0.1) is 0 Å². The average molecular weight is 171 g/mol. The predicted molar refractivity (Wildman–Crippen MR) is 46.0 cm³/mol. The summed E-state index contributed by atoms with van der Waals surface area (Å²) in [7, 11) is 0. The minimum atomic E-state index is 0.166. The SMILES string of the molecule is C1CCC(C2NCCCO2)OC1. The molecule has 0 spiro atoms. The molecule has 2 atom stereocenters. The zero-order valence-corrected chi connectivity index (χ0v) is 7.42. The van der Waals surface area contributed by atoms with E-state index in [0.29, 0.717) is 6.10 Å². The van der Waals surface area contributed by atoms with E-state index in [1.165, 1.54) is 12.8 Å². The van der Waals surface area contributed by atoms with Gasteiger partial charge in [-0.3, -0.25) is 5.32 Å². The summed E-state index contributed by atoms with van der Waals surface area (Å²) in [6, 6.07) is 0. The van der Waals surface area contributed by atoms with Crippen molar-refractivity contribution < 1.29 is 9.47 Å². The lowest BCUT2D eigenvalue weighted by Gasteiger charge is -2.33. The lowest BCUT2D eigenvalue weighted by molar-refractivity contribution is -0.117. The number of hydrogen-bond donors (Lipinski definition) is 1. The summed E-state index contributed by atoms with van der Waals surface area (Å²) in [5, 5.41) is 3.34. The van der Waals surface area contributed by atoms with Crippen molar-refractivity contribution in [3.63, 3.8) is 0 Å². The monoisotopic (exact) mass is 171 g/mol. The van der Waals surface area contributed by atoms with Crippen LogP contribution in [0.25, 0.3) is 0 Å². The molecule has 0 aliphatic carbocycles. The molecule has 2 saturated heterocycles. The van der Waals surface area contributed by atoms with Crippen molar-refractivity contribution in [3.8, 4) is 0 Å². The van der Waals surface area contributed by atoms with Gasteiger partial charge in [0.25, 0.3) is 0 Å².